The van der Waals surface area contributed by atoms with Crippen LogP contribution in [0.5, 0.6) is 0 Å². The predicted molar refractivity (Wildman–Crippen MR) is 86.1 cm³/mol. The maximum absolute atomic E-state index is 12.3. The predicted octanol–water partition coefficient (Wildman–Crippen LogP) is 1.77. The summed E-state index contributed by atoms with van der Waals surface area (Å²) in [6, 6.07) is 5.92. The summed E-state index contributed by atoms with van der Waals surface area (Å²) >= 11 is 1.67. The van der Waals surface area contributed by atoms with E-state index in [0.29, 0.717) is 11.7 Å². The Labute approximate surface area is 130 Å². The van der Waals surface area contributed by atoms with Crippen molar-refractivity contribution < 1.29 is 4.79 Å². The number of nitrogens with one attached hydrogen (secondary N) is 1. The van der Waals surface area contributed by atoms with Crippen molar-refractivity contribution in [3.05, 3.63) is 30.1 Å². The summed E-state index contributed by atoms with van der Waals surface area (Å²) in [4.78, 5) is 18.7. The van der Waals surface area contributed by atoms with Crippen LogP contribution in [0.3, 0.4) is 0 Å². The topological polar surface area (TPSA) is 45.2 Å². The number of hydrogen-bond acceptors (Lipinski definition) is 4. The largest absolute Gasteiger partial charge is 0.342 e. The van der Waals surface area contributed by atoms with E-state index in [9.17, 15) is 4.79 Å². The summed E-state index contributed by atoms with van der Waals surface area (Å²) < 4.78 is 0. The molecule has 2 aliphatic rings. The minimum atomic E-state index is 0.295. The fourth-order valence-corrected chi connectivity index (χ4v) is 4.12. The van der Waals surface area contributed by atoms with E-state index in [0.717, 1.165) is 62.3 Å². The molecule has 0 aliphatic carbocycles. The van der Waals surface area contributed by atoms with Crippen LogP contribution < -0.4 is 5.32 Å². The number of carbonyl (C=O) groups is 1. The molecule has 114 valence electrons. The molecule has 0 spiro atoms. The zero-order chi connectivity index (χ0) is 14.5. The van der Waals surface area contributed by atoms with Crippen molar-refractivity contribution in [1.82, 2.24) is 15.2 Å². The lowest BCUT2D eigenvalue weighted by Crippen LogP contribution is -2.34. The highest BCUT2D eigenvalue weighted by Crippen LogP contribution is 2.27. The molecule has 21 heavy (non-hydrogen) atoms. The van der Waals surface area contributed by atoms with Gasteiger partial charge in [0.05, 0.1) is 11.4 Å². The minimum Gasteiger partial charge on any atom is -0.342 e. The maximum Gasteiger partial charge on any atom is 0.232 e. The van der Waals surface area contributed by atoms with Gasteiger partial charge in [-0.1, -0.05) is 6.07 Å². The lowest BCUT2D eigenvalue weighted by Gasteiger charge is -2.20. The van der Waals surface area contributed by atoms with Gasteiger partial charge in [0.1, 0.15) is 0 Å². The molecule has 2 saturated heterocycles. The Morgan fingerprint density at radius 2 is 2.05 bits per heavy atom. The average Bonchev–Trinajstić information content (AvgIpc) is 2.87. The molecule has 0 radical (unpaired) electrons. The van der Waals surface area contributed by atoms with Crippen LogP contribution in [0, 0.1) is 11.8 Å². The molecule has 0 aromatic carbocycles. The zero-order valence-electron chi connectivity index (χ0n) is 12.3. The zero-order valence-corrected chi connectivity index (χ0v) is 13.1. The van der Waals surface area contributed by atoms with Gasteiger partial charge in [-0.15, -0.1) is 11.8 Å². The normalized spacial score (nSPS) is 25.4. The van der Waals surface area contributed by atoms with E-state index in [1.807, 2.05) is 18.2 Å². The smallest absolute Gasteiger partial charge is 0.232 e. The molecule has 1 amide bonds. The van der Waals surface area contributed by atoms with Crippen LogP contribution in [0.25, 0.3) is 0 Å². The summed E-state index contributed by atoms with van der Waals surface area (Å²) in [6.45, 7) is 4.15. The SMILES string of the molecule is O=C(CSCc1ccccn1)N1CC[C@@H]2CNC[C@@H]2CC1. The molecule has 0 bridgehead atoms. The first-order valence-electron chi connectivity index (χ1n) is 7.79. The number of thioether (sulfide) groups is 1. The van der Waals surface area contributed by atoms with Gasteiger partial charge < -0.3 is 10.2 Å². The van der Waals surface area contributed by atoms with Gasteiger partial charge in [-0.05, 0) is 49.9 Å². The number of amides is 1. The number of carbonyl (C=O) groups excluding carboxylic acids is 1. The van der Waals surface area contributed by atoms with Gasteiger partial charge in [0.2, 0.25) is 5.91 Å². The number of rotatable bonds is 4. The van der Waals surface area contributed by atoms with E-state index in [-0.39, 0.29) is 0 Å². The van der Waals surface area contributed by atoms with Crippen molar-refractivity contribution in [3.8, 4) is 0 Å². The molecule has 2 atom stereocenters. The standard InChI is InChI=1S/C16H23N3OS/c20-16(12-21-11-15-3-1-2-6-18-15)19-7-4-13-9-17-10-14(13)5-8-19/h1-3,6,13-14,17H,4-5,7-12H2/t13-,14+. The van der Waals surface area contributed by atoms with Crippen molar-refractivity contribution in [1.29, 1.82) is 0 Å². The summed E-state index contributed by atoms with van der Waals surface area (Å²) in [5, 5.41) is 3.47. The number of pyridine rings is 1. The summed E-state index contributed by atoms with van der Waals surface area (Å²) in [6.07, 6.45) is 4.13. The highest BCUT2D eigenvalue weighted by Gasteiger charge is 2.31. The molecule has 0 unspecified atom stereocenters. The molecule has 1 aromatic heterocycles. The van der Waals surface area contributed by atoms with Crippen molar-refractivity contribution in [3.63, 3.8) is 0 Å². The van der Waals surface area contributed by atoms with Crippen molar-refractivity contribution in [2.75, 3.05) is 31.9 Å². The average molecular weight is 305 g/mol. The van der Waals surface area contributed by atoms with Gasteiger partial charge in [-0.3, -0.25) is 9.78 Å². The molecule has 5 heteroatoms. The number of likely N-dealkylation sites (tertiary alicyclic amines) is 1. The summed E-state index contributed by atoms with van der Waals surface area (Å²) in [5.74, 6) is 3.25. The second kappa shape index (κ2) is 7.27. The van der Waals surface area contributed by atoms with Gasteiger partial charge in [0, 0.05) is 25.0 Å². The number of hydrogen-bond donors (Lipinski definition) is 1. The third-order valence-electron chi connectivity index (χ3n) is 4.57. The molecule has 3 heterocycles. The van der Waals surface area contributed by atoms with Gasteiger partial charge in [-0.25, -0.2) is 0 Å². The Morgan fingerprint density at radius 3 is 2.71 bits per heavy atom. The first kappa shape index (κ1) is 14.9. The Kier molecular flexibility index (Phi) is 5.14. The number of fused-ring (bicyclic) bond motifs is 1. The van der Waals surface area contributed by atoms with E-state index in [2.05, 4.69) is 15.2 Å². The third kappa shape index (κ3) is 3.98. The molecule has 4 nitrogen and oxygen atoms in total. The van der Waals surface area contributed by atoms with Crippen molar-refractivity contribution in [2.24, 2.45) is 11.8 Å². The van der Waals surface area contributed by atoms with Crippen LogP contribution >= 0.6 is 11.8 Å². The molecule has 2 fully saturated rings. The quantitative estimate of drug-likeness (QED) is 0.921. The van der Waals surface area contributed by atoms with E-state index >= 15 is 0 Å². The summed E-state index contributed by atoms with van der Waals surface area (Å²) in [7, 11) is 0. The minimum absolute atomic E-state index is 0.295. The maximum atomic E-state index is 12.3. The molecular formula is C16H23N3OS. The summed E-state index contributed by atoms with van der Waals surface area (Å²) in [5.41, 5.74) is 1.05. The number of nitrogens with zero attached hydrogens (tertiary/aromatic N) is 2. The van der Waals surface area contributed by atoms with Gasteiger partial charge in [0.15, 0.2) is 0 Å². The van der Waals surface area contributed by atoms with Gasteiger partial charge >= 0.3 is 0 Å². The first-order chi connectivity index (χ1) is 10.3. The Hall–Kier alpha value is -1.07. The van der Waals surface area contributed by atoms with Crippen molar-refractivity contribution in [2.45, 2.75) is 18.6 Å². The lowest BCUT2D eigenvalue weighted by atomic mass is 9.92. The number of aromatic nitrogens is 1. The van der Waals surface area contributed by atoms with Crippen LogP contribution in [-0.4, -0.2) is 47.7 Å². The second-order valence-corrected chi connectivity index (χ2v) is 6.94. The van der Waals surface area contributed by atoms with Crippen LogP contribution in [0.1, 0.15) is 18.5 Å². The fraction of sp³-hybridized carbons (Fsp3) is 0.625. The van der Waals surface area contributed by atoms with E-state index < -0.39 is 0 Å². The lowest BCUT2D eigenvalue weighted by molar-refractivity contribution is -0.128. The van der Waals surface area contributed by atoms with Crippen LogP contribution in [0.15, 0.2) is 24.4 Å². The van der Waals surface area contributed by atoms with Crippen LogP contribution in [-0.2, 0) is 10.5 Å². The Bertz CT molecular complexity index is 454. The van der Waals surface area contributed by atoms with Gasteiger partial charge in [0.25, 0.3) is 0 Å². The van der Waals surface area contributed by atoms with E-state index in [1.165, 1.54) is 0 Å². The molecule has 1 aromatic rings. The van der Waals surface area contributed by atoms with Crippen LogP contribution in [0.2, 0.25) is 0 Å². The molecule has 3 rings (SSSR count). The third-order valence-corrected chi connectivity index (χ3v) is 5.52. The highest BCUT2D eigenvalue weighted by molar-refractivity contribution is 7.99. The molecule has 1 N–H and O–H groups in total. The highest BCUT2D eigenvalue weighted by atomic mass is 32.2. The second-order valence-electron chi connectivity index (χ2n) is 5.95. The Balaban J connectivity index is 1.43. The Morgan fingerprint density at radius 1 is 1.29 bits per heavy atom. The molecule has 0 saturated carbocycles. The molecule has 2 aliphatic heterocycles. The van der Waals surface area contributed by atoms with Gasteiger partial charge in [-0.2, -0.15) is 0 Å². The fourth-order valence-electron chi connectivity index (χ4n) is 3.29. The van der Waals surface area contributed by atoms with E-state index in [4.69, 9.17) is 0 Å². The van der Waals surface area contributed by atoms with Crippen LogP contribution in [0.4, 0.5) is 0 Å². The monoisotopic (exact) mass is 305 g/mol. The van der Waals surface area contributed by atoms with E-state index in [1.54, 1.807) is 18.0 Å². The molecular weight excluding hydrogens is 282 g/mol. The first-order valence-corrected chi connectivity index (χ1v) is 8.94. The van der Waals surface area contributed by atoms with Crippen molar-refractivity contribution >= 4 is 17.7 Å².